The van der Waals surface area contributed by atoms with E-state index >= 15 is 0 Å². The normalized spacial score (nSPS) is 23.3. The highest BCUT2D eigenvalue weighted by molar-refractivity contribution is 8.00. The molecule has 0 aromatic carbocycles. The van der Waals surface area contributed by atoms with Gasteiger partial charge in [0.25, 0.3) is 5.91 Å². The standard InChI is InChI=1S/C21H27N5O9S2/c1-20(2,3)17(29)34-10-35-18(30)21(7-33-19(22)31)6-26-15(28)13(16(26)37-8-21)24-14(27)12(25-32-4)11-5-36-9-23-11/h5,9,13,16H,6-8,10H2,1-4H3,(H2,22,31)(H,24,27)/t13?,16-,21?/m1/s1. The van der Waals surface area contributed by atoms with E-state index < -0.39 is 65.5 Å². The van der Waals surface area contributed by atoms with Gasteiger partial charge in [0.15, 0.2) is 5.71 Å². The van der Waals surface area contributed by atoms with Gasteiger partial charge in [0, 0.05) is 17.7 Å². The molecule has 202 valence electrons. The zero-order valence-corrected chi connectivity index (χ0v) is 22.2. The molecule has 1 aromatic rings. The predicted molar refractivity (Wildman–Crippen MR) is 130 cm³/mol. The van der Waals surface area contributed by atoms with Gasteiger partial charge in [-0.1, -0.05) is 5.16 Å². The summed E-state index contributed by atoms with van der Waals surface area (Å²) in [5.74, 6) is -2.46. The lowest BCUT2D eigenvalue weighted by Crippen LogP contribution is -2.74. The molecule has 16 heteroatoms. The minimum absolute atomic E-state index is 0.0677. The number of thioether (sulfide) groups is 1. The number of ether oxygens (including phenoxy) is 3. The first-order valence-electron chi connectivity index (χ1n) is 10.9. The molecule has 0 bridgehead atoms. The molecule has 0 saturated carbocycles. The Morgan fingerprint density at radius 3 is 2.59 bits per heavy atom. The SMILES string of the molecule is CON=C(C(=O)NC1C(=O)N2CC(COC(N)=O)(C(=O)OCOC(=O)C(C)(C)C)CS[C@H]12)c1cscn1. The average molecular weight is 558 g/mol. The average Bonchev–Trinajstić information content (AvgIpc) is 3.38. The first-order valence-corrected chi connectivity index (χ1v) is 12.9. The third kappa shape index (κ3) is 6.30. The summed E-state index contributed by atoms with van der Waals surface area (Å²) in [4.78, 5) is 72.0. The molecule has 37 heavy (non-hydrogen) atoms. The van der Waals surface area contributed by atoms with Crippen LogP contribution in [0.1, 0.15) is 26.5 Å². The Balaban J connectivity index is 1.67. The van der Waals surface area contributed by atoms with Gasteiger partial charge in [-0.2, -0.15) is 0 Å². The number of oxime groups is 1. The first kappa shape index (κ1) is 28.2. The molecule has 0 spiro atoms. The van der Waals surface area contributed by atoms with Gasteiger partial charge in [-0.3, -0.25) is 19.2 Å². The van der Waals surface area contributed by atoms with Crippen molar-refractivity contribution in [2.24, 2.45) is 21.7 Å². The number of nitrogens with two attached hydrogens (primary N) is 1. The number of rotatable bonds is 9. The fraction of sp³-hybridized carbons (Fsp3) is 0.571. The molecular formula is C21H27N5O9S2. The van der Waals surface area contributed by atoms with Crippen LogP contribution in [0, 0.1) is 10.8 Å². The fourth-order valence-electron chi connectivity index (χ4n) is 3.45. The van der Waals surface area contributed by atoms with Crippen molar-refractivity contribution in [1.82, 2.24) is 15.2 Å². The van der Waals surface area contributed by atoms with E-state index in [1.807, 2.05) is 0 Å². The van der Waals surface area contributed by atoms with Crippen LogP contribution in [0.25, 0.3) is 0 Å². The summed E-state index contributed by atoms with van der Waals surface area (Å²) in [5, 5.41) is 7.45. The van der Waals surface area contributed by atoms with Gasteiger partial charge in [0.2, 0.25) is 12.7 Å². The van der Waals surface area contributed by atoms with Gasteiger partial charge in [-0.25, -0.2) is 9.78 Å². The monoisotopic (exact) mass is 557 g/mol. The van der Waals surface area contributed by atoms with E-state index in [-0.39, 0.29) is 18.0 Å². The minimum atomic E-state index is -1.46. The van der Waals surface area contributed by atoms with Gasteiger partial charge in [-0.05, 0) is 20.8 Å². The maximum Gasteiger partial charge on any atom is 0.404 e. The highest BCUT2D eigenvalue weighted by Crippen LogP contribution is 2.43. The fourth-order valence-corrected chi connectivity index (χ4v) is 5.50. The number of esters is 2. The number of nitrogens with zero attached hydrogens (tertiary/aromatic N) is 3. The minimum Gasteiger partial charge on any atom is -0.448 e. The van der Waals surface area contributed by atoms with Crippen LogP contribution < -0.4 is 11.1 Å². The van der Waals surface area contributed by atoms with E-state index in [0.29, 0.717) is 5.69 Å². The molecule has 2 fully saturated rings. The van der Waals surface area contributed by atoms with Crippen LogP contribution >= 0.6 is 23.1 Å². The van der Waals surface area contributed by atoms with Crippen LogP contribution in [-0.4, -0.2) is 89.7 Å². The molecule has 14 nitrogen and oxygen atoms in total. The van der Waals surface area contributed by atoms with Crippen LogP contribution in [0.3, 0.4) is 0 Å². The van der Waals surface area contributed by atoms with E-state index in [1.165, 1.54) is 40.6 Å². The quantitative estimate of drug-likeness (QED) is 0.137. The molecule has 3 amide bonds. The van der Waals surface area contributed by atoms with E-state index in [4.69, 9.17) is 24.8 Å². The number of thiazole rings is 1. The Morgan fingerprint density at radius 1 is 1.27 bits per heavy atom. The molecule has 3 atom stereocenters. The Kier molecular flexibility index (Phi) is 8.63. The summed E-state index contributed by atoms with van der Waals surface area (Å²) in [5.41, 5.74) is 4.55. The number of nitrogens with one attached hydrogen (secondary N) is 1. The Morgan fingerprint density at radius 2 is 2.00 bits per heavy atom. The van der Waals surface area contributed by atoms with Gasteiger partial charge in [0.1, 0.15) is 36.2 Å². The molecule has 3 N–H and O–H groups in total. The zero-order chi connectivity index (χ0) is 27.4. The van der Waals surface area contributed by atoms with Crippen molar-refractivity contribution in [3.05, 3.63) is 16.6 Å². The lowest BCUT2D eigenvalue weighted by molar-refractivity contribution is -0.182. The van der Waals surface area contributed by atoms with E-state index in [9.17, 15) is 24.0 Å². The van der Waals surface area contributed by atoms with Crippen molar-refractivity contribution in [3.63, 3.8) is 0 Å². The van der Waals surface area contributed by atoms with Crippen LogP contribution in [0.4, 0.5) is 4.79 Å². The number of hydrogen-bond donors (Lipinski definition) is 2. The molecule has 2 unspecified atom stereocenters. The third-order valence-electron chi connectivity index (χ3n) is 5.42. The topological polar surface area (TPSA) is 189 Å². The predicted octanol–water partition coefficient (Wildman–Crippen LogP) is 0.0652. The summed E-state index contributed by atoms with van der Waals surface area (Å²) < 4.78 is 15.0. The van der Waals surface area contributed by atoms with Crippen molar-refractivity contribution in [2.75, 3.05) is 32.8 Å². The Bertz CT molecular complexity index is 1090. The smallest absolute Gasteiger partial charge is 0.404 e. The van der Waals surface area contributed by atoms with Gasteiger partial charge in [-0.15, -0.1) is 23.1 Å². The van der Waals surface area contributed by atoms with Crippen molar-refractivity contribution in [2.45, 2.75) is 32.2 Å². The number of carbonyl (C=O) groups excluding carboxylic acids is 5. The molecule has 0 aliphatic carbocycles. The van der Waals surface area contributed by atoms with Crippen LogP contribution in [-0.2, 0) is 38.2 Å². The molecule has 2 aliphatic rings. The van der Waals surface area contributed by atoms with Crippen molar-refractivity contribution >= 4 is 58.7 Å². The molecule has 0 radical (unpaired) electrons. The number of amides is 3. The summed E-state index contributed by atoms with van der Waals surface area (Å²) >= 11 is 2.45. The van der Waals surface area contributed by atoms with Gasteiger partial charge < -0.3 is 35.0 Å². The Labute approximate surface area is 220 Å². The highest BCUT2D eigenvalue weighted by atomic mass is 32.2. The van der Waals surface area contributed by atoms with Crippen LogP contribution in [0.15, 0.2) is 16.0 Å². The second kappa shape index (κ2) is 11.3. The Hall–Kier alpha value is -3.40. The number of β-lactam (4-membered cyclic amide) rings is 1. The van der Waals surface area contributed by atoms with Crippen molar-refractivity contribution in [1.29, 1.82) is 0 Å². The van der Waals surface area contributed by atoms with Gasteiger partial charge >= 0.3 is 18.0 Å². The molecule has 1 aromatic heterocycles. The summed E-state index contributed by atoms with van der Waals surface area (Å²) in [6.45, 7) is 3.66. The molecule has 3 rings (SSSR count). The summed E-state index contributed by atoms with van der Waals surface area (Å²) in [6.07, 6.45) is -1.11. The molecule has 3 heterocycles. The summed E-state index contributed by atoms with van der Waals surface area (Å²) in [6, 6.07) is -0.892. The molecule has 2 saturated heterocycles. The van der Waals surface area contributed by atoms with E-state index in [1.54, 1.807) is 26.2 Å². The lowest BCUT2D eigenvalue weighted by atomic mass is 9.88. The second-order valence-electron chi connectivity index (χ2n) is 9.23. The van der Waals surface area contributed by atoms with Gasteiger partial charge in [0.05, 0.1) is 10.9 Å². The number of fused-ring (bicyclic) bond motifs is 1. The third-order valence-corrected chi connectivity index (χ3v) is 7.59. The number of primary amides is 1. The molecule has 2 aliphatic heterocycles. The first-order chi connectivity index (χ1) is 17.4. The van der Waals surface area contributed by atoms with E-state index in [2.05, 4.69) is 15.5 Å². The largest absolute Gasteiger partial charge is 0.448 e. The molecular weight excluding hydrogens is 530 g/mol. The number of aromatic nitrogens is 1. The number of carbonyl (C=O) groups is 5. The second-order valence-corrected chi connectivity index (χ2v) is 11.1. The lowest BCUT2D eigenvalue weighted by Gasteiger charge is -2.53. The maximum atomic E-state index is 13.0. The van der Waals surface area contributed by atoms with Crippen LogP contribution in [0.2, 0.25) is 0 Å². The summed E-state index contributed by atoms with van der Waals surface area (Å²) in [7, 11) is 1.28. The van der Waals surface area contributed by atoms with Crippen LogP contribution in [0.5, 0.6) is 0 Å². The van der Waals surface area contributed by atoms with Crippen molar-refractivity contribution in [3.8, 4) is 0 Å². The zero-order valence-electron chi connectivity index (χ0n) is 20.5. The highest BCUT2D eigenvalue weighted by Gasteiger charge is 2.58. The van der Waals surface area contributed by atoms with E-state index in [0.717, 1.165) is 0 Å². The number of hydrogen-bond acceptors (Lipinski definition) is 13. The van der Waals surface area contributed by atoms with Crippen molar-refractivity contribution < 1.29 is 43.0 Å². The maximum absolute atomic E-state index is 13.0.